The summed E-state index contributed by atoms with van der Waals surface area (Å²) < 4.78 is 26.3. The molecule has 0 aromatic rings. The second-order valence-corrected chi connectivity index (χ2v) is 4.04. The van der Waals surface area contributed by atoms with E-state index in [4.69, 9.17) is 0 Å². The van der Waals surface area contributed by atoms with Crippen molar-refractivity contribution < 1.29 is 59.5 Å². The van der Waals surface area contributed by atoms with Crippen molar-refractivity contribution in [1.82, 2.24) is 0 Å². The molecule has 0 amide bonds. The molecular weight excluding hydrogens is 286 g/mol. The van der Waals surface area contributed by atoms with Crippen LogP contribution in [0, 0.1) is 0 Å². The van der Waals surface area contributed by atoms with Gasteiger partial charge in [-0.1, -0.05) is 0 Å². The Morgan fingerprint density at radius 2 is 1.07 bits per heavy atom. The Balaban J connectivity index is -0.000000180. The van der Waals surface area contributed by atoms with Gasteiger partial charge in [0, 0.05) is 13.2 Å². The maximum atomic E-state index is 9.48. The predicted octanol–water partition coefficient (Wildman–Crippen LogP) is -2.30. The molecule has 0 aliphatic carbocycles. The van der Waals surface area contributed by atoms with Gasteiger partial charge in [0.05, 0.1) is 15.6 Å². The zero-order valence-corrected chi connectivity index (χ0v) is 11.4. The van der Waals surface area contributed by atoms with Gasteiger partial charge in [-0.2, -0.15) is 0 Å². The Kier molecular flexibility index (Phi) is 14.3. The second kappa shape index (κ2) is 10.1. The summed E-state index contributed by atoms with van der Waals surface area (Å²) >= 11 is 0. The third kappa shape index (κ3) is 31.3. The summed E-state index contributed by atoms with van der Waals surface area (Å²) in [6, 6.07) is 0. The van der Waals surface area contributed by atoms with Crippen LogP contribution in [-0.4, -0.2) is 13.2 Å². The van der Waals surface area contributed by atoms with Gasteiger partial charge < -0.3 is 37.8 Å². The van der Waals surface area contributed by atoms with Gasteiger partial charge in [0.2, 0.25) is 0 Å². The molecule has 0 aliphatic rings. The van der Waals surface area contributed by atoms with Gasteiger partial charge in [0.15, 0.2) is 0 Å². The van der Waals surface area contributed by atoms with E-state index in [2.05, 4.69) is 9.05 Å². The van der Waals surface area contributed by atoms with Crippen molar-refractivity contribution in [2.24, 2.45) is 0 Å². The quantitative estimate of drug-likeness (QED) is 0.416. The Hall–Kier alpha value is 0.934. The normalized spacial score (nSPS) is 11.1. The van der Waals surface area contributed by atoms with E-state index in [0.29, 0.717) is 0 Å². The van der Waals surface area contributed by atoms with E-state index >= 15 is 0 Å². The molecule has 0 unspecified atom stereocenters. The fourth-order valence-corrected chi connectivity index (χ4v) is 0.949. The summed E-state index contributed by atoms with van der Waals surface area (Å²) in [5.74, 6) is 0. The average molecular weight is 296 g/mol. The molecule has 0 spiro atoms. The van der Waals surface area contributed by atoms with E-state index in [1.165, 1.54) is 13.8 Å². The third-order valence-electron chi connectivity index (χ3n) is 0.574. The summed E-state index contributed by atoms with van der Waals surface area (Å²) in [5.41, 5.74) is 0. The maximum Gasteiger partial charge on any atom is 4.00 e. The third-order valence-corrected chi connectivity index (χ3v) is 1.72. The van der Waals surface area contributed by atoms with Gasteiger partial charge in [-0.25, -0.2) is 0 Å². The minimum atomic E-state index is -4.67. The standard InChI is InChI=1S/2C2H7O4P.Ti/c2*1-2-6-7(3,4)5;/h2*2H2,1H3,(H2,3,4,5);/q;;+4/p-4. The molecule has 0 N–H and O–H groups in total. The molecule has 0 aromatic carbocycles. The number of hydrogen-bond acceptors (Lipinski definition) is 8. The fourth-order valence-electron chi connectivity index (χ4n) is 0.316. The SMILES string of the molecule is CCOP(=O)([O-])[O-].CCOP(=O)([O-])[O-].[Ti+4]. The first-order chi connectivity index (χ1) is 6.12. The number of phosphoric ester groups is 2. The van der Waals surface area contributed by atoms with Crippen LogP contribution < -0.4 is 19.6 Å². The number of rotatable bonds is 4. The molecule has 0 rings (SSSR count). The van der Waals surface area contributed by atoms with Crippen molar-refractivity contribution in [3.05, 3.63) is 0 Å². The molecule has 0 saturated carbocycles. The Morgan fingerprint density at radius 3 is 1.07 bits per heavy atom. The van der Waals surface area contributed by atoms with Gasteiger partial charge in [0.25, 0.3) is 0 Å². The van der Waals surface area contributed by atoms with Gasteiger partial charge in [-0.15, -0.1) is 0 Å². The largest absolute Gasteiger partial charge is 4.00 e. The monoisotopic (exact) mass is 296 g/mol. The molecule has 8 nitrogen and oxygen atoms in total. The first kappa shape index (κ1) is 21.2. The van der Waals surface area contributed by atoms with Crippen molar-refractivity contribution >= 4 is 15.6 Å². The number of hydrogen-bond donors (Lipinski definition) is 0. The molecule has 88 valence electrons. The Morgan fingerprint density at radius 1 is 0.867 bits per heavy atom. The zero-order valence-electron chi connectivity index (χ0n) is 8.07. The molecule has 0 bridgehead atoms. The van der Waals surface area contributed by atoms with Crippen LogP contribution in [0.5, 0.6) is 0 Å². The van der Waals surface area contributed by atoms with Crippen LogP contribution in [0.4, 0.5) is 0 Å². The molecule has 0 saturated heterocycles. The first-order valence-corrected chi connectivity index (χ1v) is 6.37. The molecule has 0 radical (unpaired) electrons. The molecular formula is C4H10O8P2Ti. The maximum absolute atomic E-state index is 9.48. The van der Waals surface area contributed by atoms with Crippen LogP contribution in [0.2, 0.25) is 0 Å². The summed E-state index contributed by atoms with van der Waals surface area (Å²) in [6.45, 7) is 2.71. The Labute approximate surface area is 102 Å². The number of phosphoric acid groups is 2. The van der Waals surface area contributed by atoms with Crippen molar-refractivity contribution in [3.8, 4) is 0 Å². The van der Waals surface area contributed by atoms with Crippen LogP contribution in [0.3, 0.4) is 0 Å². The van der Waals surface area contributed by atoms with E-state index in [9.17, 15) is 28.7 Å². The first-order valence-electron chi connectivity index (χ1n) is 3.45. The van der Waals surface area contributed by atoms with E-state index in [1.54, 1.807) is 0 Å². The van der Waals surface area contributed by atoms with E-state index in [0.717, 1.165) is 0 Å². The van der Waals surface area contributed by atoms with Crippen LogP contribution in [0.15, 0.2) is 0 Å². The summed E-state index contributed by atoms with van der Waals surface area (Å²) in [4.78, 5) is 37.9. The molecule has 15 heavy (non-hydrogen) atoms. The molecule has 11 heteroatoms. The van der Waals surface area contributed by atoms with Crippen LogP contribution >= 0.6 is 15.6 Å². The van der Waals surface area contributed by atoms with Crippen LogP contribution in [0.1, 0.15) is 13.8 Å². The minimum absolute atomic E-state index is 0. The molecule has 0 heterocycles. The summed E-state index contributed by atoms with van der Waals surface area (Å²) in [5, 5.41) is 0. The smallest absolute Gasteiger partial charge is 0.790 e. The molecule has 0 aromatic heterocycles. The van der Waals surface area contributed by atoms with Crippen LogP contribution in [0.25, 0.3) is 0 Å². The van der Waals surface area contributed by atoms with E-state index < -0.39 is 15.6 Å². The summed E-state index contributed by atoms with van der Waals surface area (Å²) in [7, 11) is -9.33. The second-order valence-electron chi connectivity index (χ2n) is 1.73. The average Bonchev–Trinajstić information content (AvgIpc) is 1.81. The van der Waals surface area contributed by atoms with Gasteiger partial charge in [0.1, 0.15) is 0 Å². The van der Waals surface area contributed by atoms with Gasteiger partial charge in [-0.3, -0.25) is 0 Å². The Bertz CT molecular complexity index is 197. The van der Waals surface area contributed by atoms with Crippen molar-refractivity contribution in [2.45, 2.75) is 13.8 Å². The fraction of sp³-hybridized carbons (Fsp3) is 1.00. The predicted molar refractivity (Wildman–Crippen MR) is 38.5 cm³/mol. The van der Waals surface area contributed by atoms with Gasteiger partial charge in [-0.05, 0) is 13.8 Å². The molecule has 0 atom stereocenters. The minimum Gasteiger partial charge on any atom is -0.790 e. The van der Waals surface area contributed by atoms with Crippen molar-refractivity contribution in [3.63, 3.8) is 0 Å². The van der Waals surface area contributed by atoms with Crippen LogP contribution in [-0.2, 0) is 39.9 Å². The van der Waals surface area contributed by atoms with Crippen molar-refractivity contribution in [2.75, 3.05) is 13.2 Å². The zero-order chi connectivity index (χ0) is 11.8. The molecule has 0 fully saturated rings. The van der Waals surface area contributed by atoms with E-state index in [1.807, 2.05) is 0 Å². The topological polar surface area (TPSA) is 145 Å². The van der Waals surface area contributed by atoms with Crippen molar-refractivity contribution in [1.29, 1.82) is 0 Å². The summed E-state index contributed by atoms with van der Waals surface area (Å²) in [6.07, 6.45) is 0. The molecule has 0 aliphatic heterocycles. The van der Waals surface area contributed by atoms with Gasteiger partial charge >= 0.3 is 21.7 Å². The van der Waals surface area contributed by atoms with E-state index in [-0.39, 0.29) is 34.9 Å².